The number of carboxylic acids is 2. The summed E-state index contributed by atoms with van der Waals surface area (Å²) in [6, 6.07) is 9.53. The molecule has 0 spiro atoms. The third-order valence-electron chi connectivity index (χ3n) is 4.65. The lowest BCUT2D eigenvalue weighted by atomic mass is 10.1. The molecule has 0 saturated carbocycles. The van der Waals surface area contributed by atoms with E-state index in [1.165, 1.54) is 24.3 Å². The van der Waals surface area contributed by atoms with Crippen molar-refractivity contribution < 1.29 is 37.7 Å². The molecule has 0 aliphatic carbocycles. The van der Waals surface area contributed by atoms with Gasteiger partial charge >= 0.3 is 11.9 Å². The molecule has 0 saturated heterocycles. The number of nitrogens with one attached hydrogen (secondary N) is 1. The van der Waals surface area contributed by atoms with Crippen molar-refractivity contribution >= 4 is 27.6 Å². The number of benzene rings is 2. The van der Waals surface area contributed by atoms with Crippen LogP contribution >= 0.6 is 0 Å². The van der Waals surface area contributed by atoms with Crippen molar-refractivity contribution in [1.29, 1.82) is 0 Å². The fraction of sp³-hybridized carbons (Fsp3) is 0.333. The Morgan fingerprint density at radius 3 is 2.19 bits per heavy atom. The number of nitrogens with zero attached hydrogens (tertiary/aromatic N) is 1. The zero-order valence-electron chi connectivity index (χ0n) is 17.3. The molecule has 174 valence electrons. The minimum Gasteiger partial charge on any atom is -0.481 e. The smallest absolute Gasteiger partial charge is 0.320 e. The molecule has 4 N–H and O–H groups in total. The van der Waals surface area contributed by atoms with E-state index in [1.54, 1.807) is 19.1 Å². The van der Waals surface area contributed by atoms with Gasteiger partial charge in [-0.15, -0.1) is 0 Å². The summed E-state index contributed by atoms with van der Waals surface area (Å²) < 4.78 is 40.7. The van der Waals surface area contributed by atoms with E-state index < -0.39 is 46.5 Å². The average Bonchev–Trinajstić information content (AvgIpc) is 2.72. The number of aliphatic hydroxyl groups is 1. The Morgan fingerprint density at radius 1 is 1.06 bits per heavy atom. The Labute approximate surface area is 185 Å². The number of hydrogen-bond acceptors (Lipinski definition) is 6. The fourth-order valence-electron chi connectivity index (χ4n) is 2.90. The number of sulfonamides is 1. The van der Waals surface area contributed by atoms with Crippen LogP contribution in [0.15, 0.2) is 53.4 Å². The Bertz CT molecular complexity index is 1030. The molecule has 0 fully saturated rings. The predicted molar refractivity (Wildman–Crippen MR) is 114 cm³/mol. The van der Waals surface area contributed by atoms with Gasteiger partial charge in [0.1, 0.15) is 11.9 Å². The molecule has 0 aromatic heterocycles. The van der Waals surface area contributed by atoms with Crippen LogP contribution in [-0.2, 0) is 19.6 Å². The number of rotatable bonds is 12. The highest BCUT2D eigenvalue weighted by atomic mass is 32.2. The third-order valence-corrected chi connectivity index (χ3v) is 6.45. The molecule has 32 heavy (non-hydrogen) atoms. The SMILES string of the molecule is Cc1ccc(S(=O)(=O)N(CC(O)CNC(CCC(=O)O)C(=O)O)c2ccc(F)cc2)cc1. The number of halogens is 1. The molecule has 0 heterocycles. The van der Waals surface area contributed by atoms with Crippen LogP contribution in [0.4, 0.5) is 10.1 Å². The zero-order valence-corrected chi connectivity index (χ0v) is 18.1. The van der Waals surface area contributed by atoms with E-state index >= 15 is 0 Å². The average molecular weight is 469 g/mol. The maximum absolute atomic E-state index is 13.4. The normalized spacial score (nSPS) is 13.3. The zero-order chi connectivity index (χ0) is 23.9. The molecule has 0 aliphatic rings. The quantitative estimate of drug-likeness (QED) is 0.368. The molecule has 0 amide bonds. The first kappa shape index (κ1) is 25.2. The monoisotopic (exact) mass is 468 g/mol. The van der Waals surface area contributed by atoms with Gasteiger partial charge in [0.25, 0.3) is 10.0 Å². The largest absolute Gasteiger partial charge is 0.481 e. The lowest BCUT2D eigenvalue weighted by molar-refractivity contribution is -0.140. The lowest BCUT2D eigenvalue weighted by Crippen LogP contribution is -2.46. The summed E-state index contributed by atoms with van der Waals surface area (Å²) in [4.78, 5) is 21.9. The van der Waals surface area contributed by atoms with E-state index in [4.69, 9.17) is 5.11 Å². The van der Waals surface area contributed by atoms with E-state index in [0.717, 1.165) is 22.0 Å². The highest BCUT2D eigenvalue weighted by Crippen LogP contribution is 2.24. The minimum absolute atomic E-state index is 0.0301. The van der Waals surface area contributed by atoms with Crippen LogP contribution in [-0.4, -0.2) is 60.9 Å². The third kappa shape index (κ3) is 7.01. The first-order valence-electron chi connectivity index (χ1n) is 9.71. The second-order valence-electron chi connectivity index (χ2n) is 7.21. The van der Waals surface area contributed by atoms with Gasteiger partial charge in [-0.25, -0.2) is 12.8 Å². The number of aliphatic hydroxyl groups excluding tert-OH is 1. The Hall–Kier alpha value is -3.02. The first-order chi connectivity index (χ1) is 15.0. The molecule has 0 radical (unpaired) electrons. The number of carbonyl (C=O) groups is 2. The molecule has 2 aromatic rings. The molecular weight excluding hydrogens is 443 g/mol. The van der Waals surface area contributed by atoms with Gasteiger partial charge in [-0.1, -0.05) is 17.7 Å². The van der Waals surface area contributed by atoms with Gasteiger partial charge in [0.15, 0.2) is 0 Å². The Balaban J connectivity index is 2.23. The van der Waals surface area contributed by atoms with Crippen LogP contribution in [0.3, 0.4) is 0 Å². The van der Waals surface area contributed by atoms with Gasteiger partial charge in [-0.05, 0) is 49.7 Å². The van der Waals surface area contributed by atoms with E-state index in [0.29, 0.717) is 0 Å². The lowest BCUT2D eigenvalue weighted by Gasteiger charge is -2.27. The molecule has 2 atom stereocenters. The van der Waals surface area contributed by atoms with E-state index in [2.05, 4.69) is 5.32 Å². The van der Waals surface area contributed by atoms with Crippen molar-refractivity contribution in [3.05, 3.63) is 59.9 Å². The summed E-state index contributed by atoms with van der Waals surface area (Å²) in [5.74, 6) is -3.02. The van der Waals surface area contributed by atoms with Gasteiger partial charge < -0.3 is 20.6 Å². The highest BCUT2D eigenvalue weighted by Gasteiger charge is 2.28. The molecule has 0 aliphatic heterocycles. The number of aliphatic carboxylic acids is 2. The van der Waals surface area contributed by atoms with Crippen LogP contribution in [0, 0.1) is 12.7 Å². The number of hydrogen-bond donors (Lipinski definition) is 4. The predicted octanol–water partition coefficient (Wildman–Crippen LogP) is 1.60. The summed E-state index contributed by atoms with van der Waals surface area (Å²) in [7, 11) is -4.13. The van der Waals surface area contributed by atoms with Crippen molar-refractivity contribution in [1.82, 2.24) is 5.32 Å². The Kier molecular flexibility index (Phi) is 8.70. The molecule has 0 bridgehead atoms. The number of aryl methyl sites for hydroxylation is 1. The van der Waals surface area contributed by atoms with Gasteiger partial charge in [0.05, 0.1) is 23.2 Å². The summed E-state index contributed by atoms with van der Waals surface area (Å²) >= 11 is 0. The van der Waals surface area contributed by atoms with Crippen molar-refractivity contribution in [3.8, 4) is 0 Å². The maximum atomic E-state index is 13.4. The van der Waals surface area contributed by atoms with Crippen LogP contribution in [0.2, 0.25) is 0 Å². The highest BCUT2D eigenvalue weighted by molar-refractivity contribution is 7.92. The minimum atomic E-state index is -4.13. The number of anilines is 1. The van der Waals surface area contributed by atoms with E-state index in [1.807, 2.05) is 0 Å². The number of carboxylic acid groups (broad SMARTS) is 2. The Morgan fingerprint density at radius 2 is 1.66 bits per heavy atom. The molecule has 2 rings (SSSR count). The summed E-state index contributed by atoms with van der Waals surface area (Å²) in [5.41, 5.74) is 0.967. The van der Waals surface area contributed by atoms with Crippen LogP contribution < -0.4 is 9.62 Å². The molecule has 2 unspecified atom stereocenters. The van der Waals surface area contributed by atoms with Crippen LogP contribution in [0.25, 0.3) is 0 Å². The van der Waals surface area contributed by atoms with E-state index in [9.17, 15) is 32.6 Å². The van der Waals surface area contributed by atoms with Crippen LogP contribution in [0.5, 0.6) is 0 Å². The standard InChI is InChI=1S/C21H25FN2O7S/c1-14-2-8-18(9-3-14)32(30,31)24(16-6-4-15(22)5-7-16)13-17(25)12-23-19(21(28)29)10-11-20(26)27/h2-9,17,19,23,25H,10-13H2,1H3,(H,26,27)(H,28,29). The molecule has 11 heteroatoms. The first-order valence-corrected chi connectivity index (χ1v) is 11.2. The van der Waals surface area contributed by atoms with Gasteiger partial charge in [0.2, 0.25) is 0 Å². The fourth-order valence-corrected chi connectivity index (χ4v) is 4.40. The van der Waals surface area contributed by atoms with Crippen molar-refractivity contribution in [3.63, 3.8) is 0 Å². The van der Waals surface area contributed by atoms with E-state index in [-0.39, 0.29) is 30.0 Å². The molecule has 9 nitrogen and oxygen atoms in total. The van der Waals surface area contributed by atoms with Gasteiger partial charge in [-0.2, -0.15) is 0 Å². The van der Waals surface area contributed by atoms with Crippen molar-refractivity contribution in [2.75, 3.05) is 17.4 Å². The van der Waals surface area contributed by atoms with Crippen molar-refractivity contribution in [2.24, 2.45) is 0 Å². The second kappa shape index (κ2) is 11.0. The summed E-state index contributed by atoms with van der Waals surface area (Å²) in [5, 5.41) is 30.9. The summed E-state index contributed by atoms with van der Waals surface area (Å²) in [6.45, 7) is 1.05. The molecule has 2 aromatic carbocycles. The second-order valence-corrected chi connectivity index (χ2v) is 9.07. The van der Waals surface area contributed by atoms with Gasteiger partial charge in [0, 0.05) is 13.0 Å². The van der Waals surface area contributed by atoms with Crippen LogP contribution in [0.1, 0.15) is 18.4 Å². The van der Waals surface area contributed by atoms with Crippen molar-refractivity contribution in [2.45, 2.75) is 36.8 Å². The van der Waals surface area contributed by atoms with Gasteiger partial charge in [-0.3, -0.25) is 13.9 Å². The molecular formula is C21H25FN2O7S. The summed E-state index contributed by atoms with van der Waals surface area (Å²) in [6.07, 6.45) is -1.93. The topological polar surface area (TPSA) is 144 Å². The maximum Gasteiger partial charge on any atom is 0.320 e.